The van der Waals surface area contributed by atoms with Crippen molar-refractivity contribution in [3.05, 3.63) is 59.7 Å². The van der Waals surface area contributed by atoms with Crippen LogP contribution in [-0.2, 0) is 14.3 Å². The van der Waals surface area contributed by atoms with Crippen LogP contribution in [0.15, 0.2) is 48.5 Å². The van der Waals surface area contributed by atoms with Crippen LogP contribution in [-0.4, -0.2) is 54.2 Å². The number of alkyl carbamates (subject to hydrolysis) is 1. The van der Waals surface area contributed by atoms with E-state index in [9.17, 15) is 19.5 Å². The van der Waals surface area contributed by atoms with E-state index >= 15 is 0 Å². The second-order valence-corrected chi connectivity index (χ2v) is 9.32. The Balaban J connectivity index is 1.35. The van der Waals surface area contributed by atoms with Crippen LogP contribution >= 0.6 is 0 Å². The van der Waals surface area contributed by atoms with Gasteiger partial charge in [-0.05, 0) is 41.0 Å². The Labute approximate surface area is 200 Å². The van der Waals surface area contributed by atoms with Crippen LogP contribution in [0.2, 0.25) is 0 Å². The van der Waals surface area contributed by atoms with E-state index in [1.807, 2.05) is 36.4 Å². The first-order valence-corrected chi connectivity index (χ1v) is 12.0. The molecule has 2 aromatic rings. The molecule has 34 heavy (non-hydrogen) atoms. The molecule has 0 spiro atoms. The average molecular weight is 465 g/mol. The van der Waals surface area contributed by atoms with Crippen LogP contribution in [0.4, 0.5) is 4.79 Å². The molecule has 2 aromatic carbocycles. The third-order valence-corrected chi connectivity index (χ3v) is 7.02. The summed E-state index contributed by atoms with van der Waals surface area (Å²) in [6, 6.07) is 14.9. The van der Waals surface area contributed by atoms with E-state index in [1.165, 1.54) is 24.2 Å². The number of amides is 2. The second-order valence-electron chi connectivity index (χ2n) is 9.32. The summed E-state index contributed by atoms with van der Waals surface area (Å²) in [5, 5.41) is 11.8. The van der Waals surface area contributed by atoms with Crippen LogP contribution in [0.5, 0.6) is 0 Å². The number of ether oxygens (including phenoxy) is 1. The molecule has 0 aliphatic heterocycles. The third kappa shape index (κ3) is 5.41. The number of carboxylic acid groups (broad SMARTS) is 1. The lowest BCUT2D eigenvalue weighted by Crippen LogP contribution is -2.49. The highest BCUT2D eigenvalue weighted by atomic mass is 16.5. The van der Waals surface area contributed by atoms with Gasteiger partial charge in [0.15, 0.2) is 0 Å². The molecule has 2 aliphatic carbocycles. The maximum atomic E-state index is 12.9. The zero-order valence-corrected chi connectivity index (χ0v) is 19.5. The molecule has 1 unspecified atom stereocenters. The third-order valence-electron chi connectivity index (χ3n) is 7.02. The van der Waals surface area contributed by atoms with Gasteiger partial charge in [-0.15, -0.1) is 0 Å². The SMILES string of the molecule is CN(CCCC1CCC1)C(=O)C(CC(=O)O)NC(=O)OCC1c2ccccc2-c2ccccc21. The summed E-state index contributed by atoms with van der Waals surface area (Å²) in [5.74, 6) is -0.928. The van der Waals surface area contributed by atoms with E-state index in [0.717, 1.165) is 41.0 Å². The van der Waals surface area contributed by atoms with Gasteiger partial charge in [0.1, 0.15) is 12.6 Å². The largest absolute Gasteiger partial charge is 0.481 e. The summed E-state index contributed by atoms with van der Waals surface area (Å²) < 4.78 is 5.50. The number of benzene rings is 2. The number of fused-ring (bicyclic) bond motifs is 3. The molecule has 7 nitrogen and oxygen atoms in total. The number of likely N-dealkylation sites (N-methyl/N-ethyl adjacent to an activating group) is 1. The topological polar surface area (TPSA) is 95.9 Å². The smallest absolute Gasteiger partial charge is 0.407 e. The predicted octanol–water partition coefficient (Wildman–Crippen LogP) is 4.41. The van der Waals surface area contributed by atoms with Gasteiger partial charge in [-0.2, -0.15) is 0 Å². The molecule has 0 radical (unpaired) electrons. The van der Waals surface area contributed by atoms with E-state index in [2.05, 4.69) is 17.4 Å². The maximum absolute atomic E-state index is 12.9. The zero-order chi connectivity index (χ0) is 24.1. The fraction of sp³-hybridized carbons (Fsp3) is 0.444. The fourth-order valence-electron chi connectivity index (χ4n) is 4.93. The molecule has 0 saturated heterocycles. The molecule has 0 bridgehead atoms. The molecule has 1 saturated carbocycles. The molecule has 2 amide bonds. The number of carbonyl (C=O) groups excluding carboxylic acids is 2. The minimum Gasteiger partial charge on any atom is -0.481 e. The Kier molecular flexibility index (Phi) is 7.50. The Hall–Kier alpha value is -3.35. The van der Waals surface area contributed by atoms with Crippen LogP contribution in [0.25, 0.3) is 11.1 Å². The van der Waals surface area contributed by atoms with Crippen molar-refractivity contribution in [2.45, 2.75) is 50.5 Å². The van der Waals surface area contributed by atoms with Crippen LogP contribution < -0.4 is 5.32 Å². The lowest BCUT2D eigenvalue weighted by atomic mass is 9.82. The Bertz CT molecular complexity index is 1000. The van der Waals surface area contributed by atoms with Crippen molar-refractivity contribution in [3.63, 3.8) is 0 Å². The summed E-state index contributed by atoms with van der Waals surface area (Å²) in [6.07, 6.45) is 4.45. The first-order chi connectivity index (χ1) is 16.4. The summed E-state index contributed by atoms with van der Waals surface area (Å²) in [6.45, 7) is 0.642. The minimum atomic E-state index is -1.16. The maximum Gasteiger partial charge on any atom is 0.407 e. The number of rotatable bonds is 10. The van der Waals surface area contributed by atoms with Crippen molar-refractivity contribution < 1.29 is 24.2 Å². The average Bonchev–Trinajstić information content (AvgIpc) is 3.11. The lowest BCUT2D eigenvalue weighted by molar-refractivity contribution is -0.142. The number of carboxylic acids is 1. The number of nitrogens with one attached hydrogen (secondary N) is 1. The molecule has 4 rings (SSSR count). The molecule has 0 aromatic heterocycles. The molecule has 180 valence electrons. The van der Waals surface area contributed by atoms with Crippen LogP contribution in [0.3, 0.4) is 0 Å². The highest BCUT2D eigenvalue weighted by Gasteiger charge is 2.31. The van der Waals surface area contributed by atoms with Gasteiger partial charge in [0.25, 0.3) is 0 Å². The van der Waals surface area contributed by atoms with E-state index in [4.69, 9.17) is 4.74 Å². The molecular weight excluding hydrogens is 432 g/mol. The van der Waals surface area contributed by atoms with Crippen molar-refractivity contribution in [1.29, 1.82) is 0 Å². The van der Waals surface area contributed by atoms with Crippen molar-refractivity contribution in [1.82, 2.24) is 10.2 Å². The van der Waals surface area contributed by atoms with Crippen molar-refractivity contribution >= 4 is 18.0 Å². The fourth-order valence-corrected chi connectivity index (χ4v) is 4.93. The van der Waals surface area contributed by atoms with Crippen molar-refractivity contribution in [3.8, 4) is 11.1 Å². The molecular formula is C27H32N2O5. The Morgan fingerprint density at radius 1 is 1.06 bits per heavy atom. The van der Waals surface area contributed by atoms with Gasteiger partial charge in [0.05, 0.1) is 6.42 Å². The van der Waals surface area contributed by atoms with Gasteiger partial charge in [-0.3, -0.25) is 9.59 Å². The highest BCUT2D eigenvalue weighted by Crippen LogP contribution is 2.44. The predicted molar refractivity (Wildman–Crippen MR) is 128 cm³/mol. The molecule has 2 N–H and O–H groups in total. The number of hydrogen-bond donors (Lipinski definition) is 2. The highest BCUT2D eigenvalue weighted by molar-refractivity contribution is 5.89. The van der Waals surface area contributed by atoms with Crippen LogP contribution in [0.1, 0.15) is 55.6 Å². The number of hydrogen-bond acceptors (Lipinski definition) is 4. The van der Waals surface area contributed by atoms with Crippen LogP contribution in [0, 0.1) is 5.92 Å². The molecule has 2 aliphatic rings. The molecule has 0 heterocycles. The Morgan fingerprint density at radius 3 is 2.24 bits per heavy atom. The first-order valence-electron chi connectivity index (χ1n) is 12.0. The van der Waals surface area contributed by atoms with E-state index in [1.54, 1.807) is 7.05 Å². The monoisotopic (exact) mass is 464 g/mol. The summed E-state index contributed by atoms with van der Waals surface area (Å²) >= 11 is 0. The summed E-state index contributed by atoms with van der Waals surface area (Å²) in [7, 11) is 1.65. The molecule has 1 atom stereocenters. The van der Waals surface area contributed by atoms with Gasteiger partial charge in [0, 0.05) is 19.5 Å². The van der Waals surface area contributed by atoms with Gasteiger partial charge < -0.3 is 20.1 Å². The number of aliphatic carboxylic acids is 1. The van der Waals surface area contributed by atoms with E-state index in [-0.39, 0.29) is 12.5 Å². The van der Waals surface area contributed by atoms with Gasteiger partial charge in [-0.25, -0.2) is 4.79 Å². The van der Waals surface area contributed by atoms with Crippen molar-refractivity contribution in [2.24, 2.45) is 5.92 Å². The van der Waals surface area contributed by atoms with Gasteiger partial charge in [-0.1, -0.05) is 67.8 Å². The zero-order valence-electron chi connectivity index (χ0n) is 19.5. The second kappa shape index (κ2) is 10.7. The summed E-state index contributed by atoms with van der Waals surface area (Å²) in [4.78, 5) is 38.3. The van der Waals surface area contributed by atoms with Gasteiger partial charge >= 0.3 is 12.1 Å². The molecule has 1 fully saturated rings. The summed E-state index contributed by atoms with van der Waals surface area (Å²) in [5.41, 5.74) is 4.41. The first kappa shape index (κ1) is 23.8. The number of carbonyl (C=O) groups is 3. The van der Waals surface area contributed by atoms with E-state index < -0.39 is 30.4 Å². The normalized spacial score (nSPS) is 15.6. The number of nitrogens with zero attached hydrogens (tertiary/aromatic N) is 1. The quantitative estimate of drug-likeness (QED) is 0.543. The molecule has 7 heteroatoms. The lowest BCUT2D eigenvalue weighted by Gasteiger charge is -2.27. The van der Waals surface area contributed by atoms with Crippen molar-refractivity contribution in [2.75, 3.05) is 20.2 Å². The minimum absolute atomic E-state index is 0.102. The van der Waals surface area contributed by atoms with E-state index in [0.29, 0.717) is 6.54 Å². The standard InChI is InChI=1S/C27H32N2O5/c1-29(15-7-10-18-8-6-9-18)26(32)24(16-25(30)31)28-27(33)34-17-23-21-13-4-2-11-19(21)20-12-3-5-14-22(20)23/h2-5,11-14,18,23-24H,6-10,15-17H2,1H3,(H,28,33)(H,30,31). The Morgan fingerprint density at radius 2 is 1.68 bits per heavy atom. The van der Waals surface area contributed by atoms with Gasteiger partial charge in [0.2, 0.25) is 5.91 Å².